The molecule has 2 nitrogen and oxygen atoms in total. The van der Waals surface area contributed by atoms with Gasteiger partial charge in [0, 0.05) is 12.1 Å². The summed E-state index contributed by atoms with van der Waals surface area (Å²) in [5, 5.41) is 0. The molecule has 17 heavy (non-hydrogen) atoms. The molecule has 0 heterocycles. The fourth-order valence-electron chi connectivity index (χ4n) is 2.01. The zero-order valence-electron chi connectivity index (χ0n) is 11.7. The summed E-state index contributed by atoms with van der Waals surface area (Å²) < 4.78 is 0. The summed E-state index contributed by atoms with van der Waals surface area (Å²) in [5.74, 6) is 0. The molecule has 0 bridgehead atoms. The van der Waals surface area contributed by atoms with E-state index >= 15 is 0 Å². The summed E-state index contributed by atoms with van der Waals surface area (Å²) in [5.41, 5.74) is 8.60. The minimum atomic E-state index is 0.193. The Morgan fingerprint density at radius 1 is 1.29 bits per heavy atom. The van der Waals surface area contributed by atoms with Gasteiger partial charge in [-0.2, -0.15) is 0 Å². The first-order valence-corrected chi connectivity index (χ1v) is 6.42. The highest BCUT2D eigenvalue weighted by Gasteiger charge is 2.21. The predicted octanol–water partition coefficient (Wildman–Crippen LogP) is 2.60. The van der Waals surface area contributed by atoms with Crippen LogP contribution in [0.4, 0.5) is 0 Å². The van der Waals surface area contributed by atoms with Gasteiger partial charge < -0.3 is 10.6 Å². The average Bonchev–Trinajstić information content (AvgIpc) is 2.26. The Morgan fingerprint density at radius 2 is 2.00 bits per heavy atom. The van der Waals surface area contributed by atoms with Gasteiger partial charge in [0.05, 0.1) is 0 Å². The molecular formula is C15H26N2. The maximum Gasteiger partial charge on any atom is 0.0162 e. The van der Waals surface area contributed by atoms with E-state index in [-0.39, 0.29) is 5.54 Å². The quantitative estimate of drug-likeness (QED) is 0.820. The molecule has 0 spiro atoms. The molecule has 0 aliphatic heterocycles. The molecule has 0 unspecified atom stereocenters. The van der Waals surface area contributed by atoms with Crippen LogP contribution in [0.5, 0.6) is 0 Å². The third-order valence-electron chi connectivity index (χ3n) is 3.61. The van der Waals surface area contributed by atoms with E-state index in [1.807, 2.05) is 0 Å². The van der Waals surface area contributed by atoms with Crippen molar-refractivity contribution in [2.75, 3.05) is 20.1 Å². The monoisotopic (exact) mass is 234 g/mol. The molecule has 1 rings (SSSR count). The zero-order valence-corrected chi connectivity index (χ0v) is 11.7. The first-order chi connectivity index (χ1) is 7.95. The summed E-state index contributed by atoms with van der Waals surface area (Å²) in [6.07, 6.45) is 2.14. The average molecular weight is 234 g/mol. The van der Waals surface area contributed by atoms with Crippen LogP contribution in [0.15, 0.2) is 24.3 Å². The van der Waals surface area contributed by atoms with Gasteiger partial charge in [0.15, 0.2) is 0 Å². The van der Waals surface area contributed by atoms with Crippen molar-refractivity contribution in [1.29, 1.82) is 0 Å². The van der Waals surface area contributed by atoms with Crippen LogP contribution < -0.4 is 5.73 Å². The second-order valence-corrected chi connectivity index (χ2v) is 5.51. The van der Waals surface area contributed by atoms with Crippen molar-refractivity contribution < 1.29 is 0 Å². The molecule has 96 valence electrons. The van der Waals surface area contributed by atoms with Crippen molar-refractivity contribution in [3.8, 4) is 0 Å². The topological polar surface area (TPSA) is 29.3 Å². The Kier molecular flexibility index (Phi) is 5.16. The smallest absolute Gasteiger partial charge is 0.0162 e. The lowest BCUT2D eigenvalue weighted by atomic mass is 9.98. The van der Waals surface area contributed by atoms with Gasteiger partial charge in [-0.1, -0.05) is 29.8 Å². The van der Waals surface area contributed by atoms with Crippen LogP contribution in [-0.2, 0) is 6.42 Å². The van der Waals surface area contributed by atoms with Gasteiger partial charge in [0.1, 0.15) is 0 Å². The number of hydrogen-bond donors (Lipinski definition) is 1. The van der Waals surface area contributed by atoms with Gasteiger partial charge in [-0.05, 0) is 52.8 Å². The van der Waals surface area contributed by atoms with E-state index in [9.17, 15) is 0 Å². The van der Waals surface area contributed by atoms with Crippen molar-refractivity contribution in [2.45, 2.75) is 39.2 Å². The summed E-state index contributed by atoms with van der Waals surface area (Å²) in [7, 11) is 2.19. The molecular weight excluding hydrogens is 208 g/mol. The van der Waals surface area contributed by atoms with Crippen molar-refractivity contribution >= 4 is 0 Å². The lowest BCUT2D eigenvalue weighted by Crippen LogP contribution is -2.43. The summed E-state index contributed by atoms with van der Waals surface area (Å²) in [6, 6.07) is 8.75. The Labute approximate surface area is 106 Å². The molecule has 0 aliphatic rings. The van der Waals surface area contributed by atoms with Gasteiger partial charge in [-0.3, -0.25) is 0 Å². The van der Waals surface area contributed by atoms with Crippen LogP contribution in [0.3, 0.4) is 0 Å². The van der Waals surface area contributed by atoms with E-state index in [0.717, 1.165) is 25.9 Å². The molecule has 0 aliphatic carbocycles. The van der Waals surface area contributed by atoms with Crippen molar-refractivity contribution in [1.82, 2.24) is 4.90 Å². The minimum Gasteiger partial charge on any atom is -0.330 e. The fourth-order valence-corrected chi connectivity index (χ4v) is 2.01. The second-order valence-electron chi connectivity index (χ2n) is 5.51. The second kappa shape index (κ2) is 6.18. The van der Waals surface area contributed by atoms with Crippen LogP contribution in [0.25, 0.3) is 0 Å². The number of nitrogens with two attached hydrogens (primary N) is 1. The lowest BCUT2D eigenvalue weighted by Gasteiger charge is -2.35. The highest BCUT2D eigenvalue weighted by Crippen LogP contribution is 2.16. The van der Waals surface area contributed by atoms with E-state index in [2.05, 4.69) is 57.0 Å². The Balaban J connectivity index is 2.50. The summed E-state index contributed by atoms with van der Waals surface area (Å²) >= 11 is 0. The Morgan fingerprint density at radius 3 is 2.59 bits per heavy atom. The third-order valence-corrected chi connectivity index (χ3v) is 3.61. The van der Waals surface area contributed by atoms with Gasteiger partial charge in [-0.15, -0.1) is 0 Å². The largest absolute Gasteiger partial charge is 0.330 e. The number of hydrogen-bond acceptors (Lipinski definition) is 2. The highest BCUT2D eigenvalue weighted by atomic mass is 15.2. The molecule has 0 fully saturated rings. The van der Waals surface area contributed by atoms with Crippen LogP contribution >= 0.6 is 0 Å². The van der Waals surface area contributed by atoms with Crippen LogP contribution in [0.1, 0.15) is 31.4 Å². The molecule has 0 saturated heterocycles. The maximum atomic E-state index is 5.65. The van der Waals surface area contributed by atoms with E-state index in [1.165, 1.54) is 11.1 Å². The molecule has 0 saturated carbocycles. The molecule has 1 aromatic rings. The van der Waals surface area contributed by atoms with Gasteiger partial charge in [0.2, 0.25) is 0 Å². The zero-order chi connectivity index (χ0) is 12.9. The van der Waals surface area contributed by atoms with Crippen LogP contribution in [-0.4, -0.2) is 30.6 Å². The molecule has 2 heteroatoms. The maximum absolute atomic E-state index is 5.65. The van der Waals surface area contributed by atoms with E-state index < -0.39 is 0 Å². The third kappa shape index (κ3) is 4.49. The standard InChI is InChI=1S/C15H26N2/c1-13-6-5-7-14(12-13)8-11-17(4)15(2,3)9-10-16/h5-7,12H,8-11,16H2,1-4H3. The van der Waals surface area contributed by atoms with Gasteiger partial charge in [-0.25, -0.2) is 0 Å². The number of rotatable bonds is 6. The van der Waals surface area contributed by atoms with Gasteiger partial charge in [0.25, 0.3) is 0 Å². The molecule has 1 aromatic carbocycles. The number of nitrogens with zero attached hydrogens (tertiary/aromatic N) is 1. The minimum absolute atomic E-state index is 0.193. The number of likely N-dealkylation sites (N-methyl/N-ethyl adjacent to an activating group) is 1. The Bertz CT molecular complexity index is 345. The molecule has 2 N–H and O–H groups in total. The number of aryl methyl sites for hydroxylation is 1. The van der Waals surface area contributed by atoms with Crippen molar-refractivity contribution in [2.24, 2.45) is 5.73 Å². The van der Waals surface area contributed by atoms with Crippen LogP contribution in [0.2, 0.25) is 0 Å². The molecule has 0 aromatic heterocycles. The molecule has 0 atom stereocenters. The van der Waals surface area contributed by atoms with Gasteiger partial charge >= 0.3 is 0 Å². The highest BCUT2D eigenvalue weighted by molar-refractivity contribution is 5.22. The first-order valence-electron chi connectivity index (χ1n) is 6.42. The van der Waals surface area contributed by atoms with Crippen molar-refractivity contribution in [3.63, 3.8) is 0 Å². The number of benzene rings is 1. The van der Waals surface area contributed by atoms with E-state index in [4.69, 9.17) is 5.73 Å². The lowest BCUT2D eigenvalue weighted by molar-refractivity contribution is 0.150. The normalized spacial score (nSPS) is 12.1. The Hall–Kier alpha value is -0.860. The van der Waals surface area contributed by atoms with Crippen molar-refractivity contribution in [3.05, 3.63) is 35.4 Å². The predicted molar refractivity (Wildman–Crippen MR) is 75.3 cm³/mol. The summed E-state index contributed by atoms with van der Waals surface area (Å²) in [6.45, 7) is 8.50. The first kappa shape index (κ1) is 14.2. The van der Waals surface area contributed by atoms with E-state index in [0.29, 0.717) is 0 Å². The molecule has 0 amide bonds. The fraction of sp³-hybridized carbons (Fsp3) is 0.600. The SMILES string of the molecule is Cc1cccc(CCN(C)C(C)(C)CCN)c1. The van der Waals surface area contributed by atoms with Crippen LogP contribution in [0, 0.1) is 6.92 Å². The van der Waals surface area contributed by atoms with E-state index in [1.54, 1.807) is 0 Å². The molecule has 0 radical (unpaired) electrons. The summed E-state index contributed by atoms with van der Waals surface area (Å²) in [4.78, 5) is 2.40.